The zero-order valence-electron chi connectivity index (χ0n) is 11.1. The number of nitrogens with one attached hydrogen (secondary N) is 1. The van der Waals surface area contributed by atoms with Gasteiger partial charge in [-0.2, -0.15) is 0 Å². The van der Waals surface area contributed by atoms with Crippen LogP contribution in [0.15, 0.2) is 9.85 Å². The summed E-state index contributed by atoms with van der Waals surface area (Å²) in [6, 6.07) is 0.652. The molecule has 2 rings (SSSR count). The van der Waals surface area contributed by atoms with Crippen molar-refractivity contribution >= 4 is 23.1 Å². The highest BCUT2D eigenvalue weighted by atomic mass is 32.2. The molecule has 1 aromatic rings. The van der Waals surface area contributed by atoms with Crippen molar-refractivity contribution in [1.29, 1.82) is 0 Å². The normalized spacial score (nSPS) is 18.9. The molecule has 1 fully saturated rings. The first-order chi connectivity index (χ1) is 8.90. The minimum Gasteiger partial charge on any atom is -0.313 e. The Morgan fingerprint density at radius 1 is 1.44 bits per heavy atom. The van der Waals surface area contributed by atoms with Crippen LogP contribution >= 0.6 is 23.1 Å². The average molecular weight is 285 g/mol. The van der Waals surface area contributed by atoms with E-state index >= 15 is 0 Å². The summed E-state index contributed by atoms with van der Waals surface area (Å²) in [5, 5.41) is 11.8. The first kappa shape index (κ1) is 14.3. The highest BCUT2D eigenvalue weighted by molar-refractivity contribution is 8.01. The van der Waals surface area contributed by atoms with Crippen molar-refractivity contribution in [3.63, 3.8) is 0 Å². The molecule has 1 unspecified atom stereocenters. The summed E-state index contributed by atoms with van der Waals surface area (Å²) in [5.41, 5.74) is 1.82. The van der Waals surface area contributed by atoms with Gasteiger partial charge in [-0.15, -0.1) is 10.2 Å². The zero-order valence-corrected chi connectivity index (χ0v) is 12.7. The molecule has 0 spiro atoms. The number of aromatic nitrogens is 2. The van der Waals surface area contributed by atoms with Gasteiger partial charge in [0, 0.05) is 11.8 Å². The third kappa shape index (κ3) is 4.52. The minimum absolute atomic E-state index is 0.652. The van der Waals surface area contributed by atoms with E-state index in [1.807, 2.05) is 17.3 Å². The quantitative estimate of drug-likeness (QED) is 0.777. The van der Waals surface area contributed by atoms with Crippen LogP contribution < -0.4 is 5.32 Å². The molecule has 5 heteroatoms. The molecular weight excluding hydrogens is 262 g/mol. The second-order valence-corrected chi connectivity index (χ2v) is 7.07. The predicted octanol–water partition coefficient (Wildman–Crippen LogP) is 3.58. The fourth-order valence-electron chi connectivity index (χ4n) is 2.61. The van der Waals surface area contributed by atoms with Gasteiger partial charge in [-0.05, 0) is 31.7 Å². The summed E-state index contributed by atoms with van der Waals surface area (Å²) < 4.78 is 1.11. The summed E-state index contributed by atoms with van der Waals surface area (Å²) in [4.78, 5) is 0. The van der Waals surface area contributed by atoms with E-state index in [-0.39, 0.29) is 0 Å². The molecule has 0 aliphatic heterocycles. The Kier molecular flexibility index (Phi) is 6.45. The molecule has 0 saturated heterocycles. The van der Waals surface area contributed by atoms with E-state index in [0.29, 0.717) is 6.04 Å². The van der Waals surface area contributed by atoms with Crippen molar-refractivity contribution in [2.24, 2.45) is 5.92 Å². The molecule has 0 aromatic carbocycles. The highest BCUT2D eigenvalue weighted by Crippen LogP contribution is 2.30. The van der Waals surface area contributed by atoms with Crippen molar-refractivity contribution in [3.8, 4) is 0 Å². The van der Waals surface area contributed by atoms with E-state index in [0.717, 1.165) is 22.6 Å². The molecule has 1 aromatic heterocycles. The molecule has 0 bridgehead atoms. The Hall–Kier alpha value is -0.130. The lowest BCUT2D eigenvalue weighted by Crippen LogP contribution is -2.39. The van der Waals surface area contributed by atoms with E-state index < -0.39 is 0 Å². The second kappa shape index (κ2) is 8.12. The molecule has 1 atom stereocenters. The Morgan fingerprint density at radius 3 is 2.94 bits per heavy atom. The van der Waals surface area contributed by atoms with Gasteiger partial charge in [0.2, 0.25) is 0 Å². The maximum absolute atomic E-state index is 4.12. The van der Waals surface area contributed by atoms with E-state index in [4.69, 9.17) is 0 Å². The van der Waals surface area contributed by atoms with Gasteiger partial charge >= 0.3 is 0 Å². The number of thioether (sulfide) groups is 1. The first-order valence-electron chi connectivity index (χ1n) is 7.02. The summed E-state index contributed by atoms with van der Waals surface area (Å²) in [6.45, 7) is 3.38. The predicted molar refractivity (Wildman–Crippen MR) is 79.3 cm³/mol. The van der Waals surface area contributed by atoms with Gasteiger partial charge in [-0.3, -0.25) is 0 Å². The van der Waals surface area contributed by atoms with Crippen LogP contribution in [0.25, 0.3) is 0 Å². The van der Waals surface area contributed by atoms with Crippen LogP contribution in [0.3, 0.4) is 0 Å². The van der Waals surface area contributed by atoms with Gasteiger partial charge in [0.1, 0.15) is 5.51 Å². The van der Waals surface area contributed by atoms with E-state index in [1.165, 1.54) is 38.5 Å². The molecule has 1 saturated carbocycles. The van der Waals surface area contributed by atoms with Gasteiger partial charge in [0.05, 0.1) is 0 Å². The largest absolute Gasteiger partial charge is 0.313 e. The van der Waals surface area contributed by atoms with Crippen LogP contribution in [0.4, 0.5) is 0 Å². The van der Waals surface area contributed by atoms with Crippen LogP contribution in [0, 0.1) is 5.92 Å². The van der Waals surface area contributed by atoms with Crippen molar-refractivity contribution in [2.75, 3.05) is 12.3 Å². The first-order valence-corrected chi connectivity index (χ1v) is 8.89. The van der Waals surface area contributed by atoms with E-state index in [2.05, 4.69) is 22.4 Å². The summed E-state index contributed by atoms with van der Waals surface area (Å²) in [7, 11) is 0. The Balaban J connectivity index is 1.83. The Bertz CT molecular complexity index is 310. The molecule has 0 amide bonds. The second-order valence-electron chi connectivity index (χ2n) is 4.97. The molecule has 1 heterocycles. The van der Waals surface area contributed by atoms with Gasteiger partial charge < -0.3 is 5.32 Å². The highest BCUT2D eigenvalue weighted by Gasteiger charge is 2.23. The fourth-order valence-corrected chi connectivity index (χ4v) is 4.32. The van der Waals surface area contributed by atoms with Crippen molar-refractivity contribution in [2.45, 2.75) is 55.8 Å². The van der Waals surface area contributed by atoms with E-state index in [9.17, 15) is 0 Å². The fraction of sp³-hybridized carbons (Fsp3) is 0.846. The Morgan fingerprint density at radius 2 is 2.28 bits per heavy atom. The lowest BCUT2D eigenvalue weighted by atomic mass is 9.84. The number of nitrogens with zero attached hydrogens (tertiary/aromatic N) is 2. The molecule has 1 aliphatic carbocycles. The SMILES string of the molecule is CCCNC(CSc1nncs1)C1CCCCC1. The summed E-state index contributed by atoms with van der Waals surface area (Å²) in [6.07, 6.45) is 8.28. The van der Waals surface area contributed by atoms with Gasteiger partial charge in [-0.1, -0.05) is 49.3 Å². The van der Waals surface area contributed by atoms with Gasteiger partial charge in [0.25, 0.3) is 0 Å². The lowest BCUT2D eigenvalue weighted by Gasteiger charge is -2.30. The third-order valence-electron chi connectivity index (χ3n) is 3.60. The van der Waals surface area contributed by atoms with Gasteiger partial charge in [0.15, 0.2) is 4.34 Å². The third-order valence-corrected chi connectivity index (χ3v) is 5.58. The molecule has 3 nitrogen and oxygen atoms in total. The van der Waals surface area contributed by atoms with Crippen LogP contribution in [0.2, 0.25) is 0 Å². The smallest absolute Gasteiger partial charge is 0.174 e. The Labute approximate surface area is 118 Å². The number of hydrogen-bond donors (Lipinski definition) is 1. The maximum atomic E-state index is 4.12. The van der Waals surface area contributed by atoms with Gasteiger partial charge in [-0.25, -0.2) is 0 Å². The van der Waals surface area contributed by atoms with Crippen LogP contribution in [-0.4, -0.2) is 28.5 Å². The zero-order chi connectivity index (χ0) is 12.6. The van der Waals surface area contributed by atoms with E-state index in [1.54, 1.807) is 11.3 Å². The van der Waals surface area contributed by atoms with Crippen molar-refractivity contribution in [1.82, 2.24) is 15.5 Å². The molecule has 1 aliphatic rings. The molecule has 0 radical (unpaired) electrons. The molecule has 102 valence electrons. The molecule has 1 N–H and O–H groups in total. The number of rotatable bonds is 7. The maximum Gasteiger partial charge on any atom is 0.174 e. The molecular formula is C13H23N3S2. The lowest BCUT2D eigenvalue weighted by molar-refractivity contribution is 0.285. The van der Waals surface area contributed by atoms with Crippen LogP contribution in [-0.2, 0) is 0 Å². The van der Waals surface area contributed by atoms with Crippen LogP contribution in [0.5, 0.6) is 0 Å². The standard InChI is InChI=1S/C13H23N3S2/c1-2-8-14-12(11-6-4-3-5-7-11)9-17-13-16-15-10-18-13/h10-12,14H,2-9H2,1H3. The summed E-state index contributed by atoms with van der Waals surface area (Å²) in [5.74, 6) is 2.01. The van der Waals surface area contributed by atoms with Crippen LogP contribution in [0.1, 0.15) is 45.4 Å². The van der Waals surface area contributed by atoms with Crippen molar-refractivity contribution in [3.05, 3.63) is 5.51 Å². The topological polar surface area (TPSA) is 37.8 Å². The average Bonchev–Trinajstić information content (AvgIpc) is 2.93. The summed E-state index contributed by atoms with van der Waals surface area (Å²) >= 11 is 3.51. The minimum atomic E-state index is 0.652. The number of hydrogen-bond acceptors (Lipinski definition) is 5. The molecule has 18 heavy (non-hydrogen) atoms. The van der Waals surface area contributed by atoms with Crippen molar-refractivity contribution < 1.29 is 0 Å². The monoisotopic (exact) mass is 285 g/mol.